The Hall–Kier alpha value is -1.32. The van der Waals surface area contributed by atoms with Crippen molar-refractivity contribution in [3.8, 4) is 11.5 Å². The van der Waals surface area contributed by atoms with E-state index in [1.807, 2.05) is 18.2 Å². The van der Waals surface area contributed by atoms with E-state index < -0.39 is 0 Å². The summed E-state index contributed by atoms with van der Waals surface area (Å²) in [7, 11) is 0. The van der Waals surface area contributed by atoms with Crippen LogP contribution in [-0.2, 0) is 6.54 Å². The maximum absolute atomic E-state index is 5.98. The number of benzene rings is 1. The van der Waals surface area contributed by atoms with Crippen LogP contribution in [0.25, 0.3) is 11.5 Å². The van der Waals surface area contributed by atoms with E-state index in [9.17, 15) is 0 Å². The van der Waals surface area contributed by atoms with E-state index in [-0.39, 0.29) is 0 Å². The first-order valence-electron chi connectivity index (χ1n) is 4.20. The summed E-state index contributed by atoms with van der Waals surface area (Å²) in [5, 5.41) is 0.623. The second kappa shape index (κ2) is 3.82. The molecule has 3 nitrogen and oxygen atoms in total. The third kappa shape index (κ3) is 1.64. The van der Waals surface area contributed by atoms with Gasteiger partial charge in [0.1, 0.15) is 6.26 Å². The van der Waals surface area contributed by atoms with Crippen molar-refractivity contribution in [2.45, 2.75) is 6.54 Å². The molecule has 0 aliphatic rings. The first kappa shape index (κ1) is 9.24. The van der Waals surface area contributed by atoms with Crippen LogP contribution in [0.5, 0.6) is 0 Å². The van der Waals surface area contributed by atoms with Crippen LogP contribution in [0.4, 0.5) is 0 Å². The van der Waals surface area contributed by atoms with Gasteiger partial charge in [0.15, 0.2) is 0 Å². The van der Waals surface area contributed by atoms with E-state index in [0.29, 0.717) is 17.5 Å². The Morgan fingerprint density at radius 1 is 1.36 bits per heavy atom. The zero-order valence-electron chi connectivity index (χ0n) is 7.40. The van der Waals surface area contributed by atoms with Crippen molar-refractivity contribution in [2.24, 2.45) is 5.73 Å². The highest BCUT2D eigenvalue weighted by molar-refractivity contribution is 6.33. The minimum Gasteiger partial charge on any atom is -0.444 e. The number of oxazole rings is 1. The molecule has 14 heavy (non-hydrogen) atoms. The zero-order valence-corrected chi connectivity index (χ0v) is 8.16. The number of halogens is 1. The van der Waals surface area contributed by atoms with Gasteiger partial charge in [0.2, 0.25) is 5.89 Å². The quantitative estimate of drug-likeness (QED) is 0.825. The summed E-state index contributed by atoms with van der Waals surface area (Å²) in [6.45, 7) is 0.369. The number of nitrogens with two attached hydrogens (primary N) is 1. The summed E-state index contributed by atoms with van der Waals surface area (Å²) in [5.74, 6) is 0.510. The lowest BCUT2D eigenvalue weighted by Crippen LogP contribution is -1.95. The van der Waals surface area contributed by atoms with Gasteiger partial charge in [0.25, 0.3) is 0 Å². The molecule has 2 rings (SSSR count). The number of rotatable bonds is 2. The summed E-state index contributed by atoms with van der Waals surface area (Å²) < 4.78 is 5.25. The standard InChI is InChI=1S/C10H9ClN2O/c11-9-4-2-1-3-8(9)10-13-7(5-12)6-14-10/h1-4,6H,5,12H2. The van der Waals surface area contributed by atoms with Gasteiger partial charge in [0.05, 0.1) is 16.3 Å². The Morgan fingerprint density at radius 2 is 2.14 bits per heavy atom. The van der Waals surface area contributed by atoms with Crippen LogP contribution in [0.2, 0.25) is 5.02 Å². The van der Waals surface area contributed by atoms with Gasteiger partial charge < -0.3 is 10.2 Å². The molecule has 0 aliphatic heterocycles. The number of aromatic nitrogens is 1. The molecule has 2 N–H and O–H groups in total. The average molecular weight is 209 g/mol. The fourth-order valence-corrected chi connectivity index (χ4v) is 1.38. The van der Waals surface area contributed by atoms with E-state index in [2.05, 4.69) is 4.98 Å². The van der Waals surface area contributed by atoms with Crippen LogP contribution in [0.15, 0.2) is 34.9 Å². The Morgan fingerprint density at radius 3 is 2.79 bits per heavy atom. The lowest BCUT2D eigenvalue weighted by molar-refractivity contribution is 0.572. The van der Waals surface area contributed by atoms with Gasteiger partial charge >= 0.3 is 0 Å². The third-order valence-electron chi connectivity index (χ3n) is 1.87. The smallest absolute Gasteiger partial charge is 0.227 e. The highest BCUT2D eigenvalue weighted by atomic mass is 35.5. The van der Waals surface area contributed by atoms with Crippen LogP contribution >= 0.6 is 11.6 Å². The molecule has 0 unspecified atom stereocenters. The SMILES string of the molecule is NCc1coc(-c2ccccc2Cl)n1. The van der Waals surface area contributed by atoms with Crippen molar-refractivity contribution < 1.29 is 4.42 Å². The van der Waals surface area contributed by atoms with Crippen LogP contribution in [0.3, 0.4) is 0 Å². The van der Waals surface area contributed by atoms with Crippen molar-refractivity contribution in [2.75, 3.05) is 0 Å². The number of nitrogens with zero attached hydrogens (tertiary/aromatic N) is 1. The summed E-state index contributed by atoms with van der Waals surface area (Å²) >= 11 is 5.98. The summed E-state index contributed by atoms with van der Waals surface area (Å²) in [4.78, 5) is 4.18. The monoisotopic (exact) mass is 208 g/mol. The predicted molar refractivity (Wildman–Crippen MR) is 54.8 cm³/mol. The highest BCUT2D eigenvalue weighted by Crippen LogP contribution is 2.26. The van der Waals surface area contributed by atoms with Crippen LogP contribution in [-0.4, -0.2) is 4.98 Å². The maximum Gasteiger partial charge on any atom is 0.227 e. The van der Waals surface area contributed by atoms with Crippen LogP contribution in [0.1, 0.15) is 5.69 Å². The summed E-state index contributed by atoms with van der Waals surface area (Å²) in [6.07, 6.45) is 1.54. The van der Waals surface area contributed by atoms with Crippen molar-refractivity contribution in [1.82, 2.24) is 4.98 Å². The minimum atomic E-state index is 0.369. The molecule has 0 saturated heterocycles. The molecule has 1 heterocycles. The van der Waals surface area contributed by atoms with E-state index in [1.54, 1.807) is 12.3 Å². The van der Waals surface area contributed by atoms with Crippen molar-refractivity contribution in [3.63, 3.8) is 0 Å². The van der Waals surface area contributed by atoms with E-state index in [0.717, 1.165) is 11.3 Å². The molecule has 1 aromatic carbocycles. The second-order valence-electron chi connectivity index (χ2n) is 2.83. The van der Waals surface area contributed by atoms with Crippen LogP contribution < -0.4 is 5.73 Å². The van der Waals surface area contributed by atoms with E-state index in [4.69, 9.17) is 21.8 Å². The van der Waals surface area contributed by atoms with Crippen molar-refractivity contribution in [1.29, 1.82) is 0 Å². The molecule has 0 radical (unpaired) electrons. The first-order chi connectivity index (χ1) is 6.81. The lowest BCUT2D eigenvalue weighted by atomic mass is 10.2. The number of hydrogen-bond acceptors (Lipinski definition) is 3. The van der Waals surface area contributed by atoms with Crippen LogP contribution in [0, 0.1) is 0 Å². The predicted octanol–water partition coefficient (Wildman–Crippen LogP) is 2.45. The Labute approximate surface area is 86.5 Å². The van der Waals surface area contributed by atoms with Gasteiger partial charge in [-0.3, -0.25) is 0 Å². The molecule has 0 bridgehead atoms. The van der Waals surface area contributed by atoms with Gasteiger partial charge in [-0.15, -0.1) is 0 Å². The fourth-order valence-electron chi connectivity index (χ4n) is 1.16. The molecular weight excluding hydrogens is 200 g/mol. The van der Waals surface area contributed by atoms with Gasteiger partial charge in [-0.2, -0.15) is 0 Å². The maximum atomic E-state index is 5.98. The largest absolute Gasteiger partial charge is 0.444 e. The third-order valence-corrected chi connectivity index (χ3v) is 2.19. The highest BCUT2D eigenvalue weighted by Gasteiger charge is 2.08. The van der Waals surface area contributed by atoms with Gasteiger partial charge in [0, 0.05) is 6.54 Å². The molecule has 0 atom stereocenters. The minimum absolute atomic E-state index is 0.369. The zero-order chi connectivity index (χ0) is 9.97. The Balaban J connectivity index is 2.44. The lowest BCUT2D eigenvalue weighted by Gasteiger charge is -1.96. The topological polar surface area (TPSA) is 52.0 Å². The molecule has 2 aromatic rings. The average Bonchev–Trinajstić information content (AvgIpc) is 2.67. The van der Waals surface area contributed by atoms with Gasteiger partial charge in [-0.05, 0) is 12.1 Å². The first-order valence-corrected chi connectivity index (χ1v) is 4.58. The second-order valence-corrected chi connectivity index (χ2v) is 3.24. The van der Waals surface area contributed by atoms with Crippen molar-refractivity contribution >= 4 is 11.6 Å². The Kier molecular flexibility index (Phi) is 2.52. The molecule has 0 saturated carbocycles. The molecule has 1 aromatic heterocycles. The summed E-state index contributed by atoms with van der Waals surface area (Å²) in [5.41, 5.74) is 6.93. The molecular formula is C10H9ClN2O. The normalized spacial score (nSPS) is 10.4. The molecule has 72 valence electrons. The Bertz CT molecular complexity index is 439. The van der Waals surface area contributed by atoms with E-state index in [1.165, 1.54) is 0 Å². The molecule has 0 aliphatic carbocycles. The number of hydrogen-bond donors (Lipinski definition) is 1. The van der Waals surface area contributed by atoms with Crippen molar-refractivity contribution in [3.05, 3.63) is 41.2 Å². The fraction of sp³-hybridized carbons (Fsp3) is 0.100. The van der Waals surface area contributed by atoms with E-state index >= 15 is 0 Å². The summed E-state index contributed by atoms with van der Waals surface area (Å²) in [6, 6.07) is 7.39. The van der Waals surface area contributed by atoms with Gasteiger partial charge in [-0.25, -0.2) is 4.98 Å². The van der Waals surface area contributed by atoms with Gasteiger partial charge in [-0.1, -0.05) is 23.7 Å². The molecule has 0 amide bonds. The molecule has 4 heteroatoms. The molecule has 0 fully saturated rings. The molecule has 0 spiro atoms.